The first-order chi connectivity index (χ1) is 10.5. The Morgan fingerprint density at radius 3 is 2.59 bits per heavy atom. The van der Waals surface area contributed by atoms with E-state index in [9.17, 15) is 4.79 Å². The highest BCUT2D eigenvalue weighted by Crippen LogP contribution is 2.30. The molecule has 1 aromatic carbocycles. The van der Waals surface area contributed by atoms with Crippen molar-refractivity contribution in [2.24, 2.45) is 0 Å². The van der Waals surface area contributed by atoms with Gasteiger partial charge in [-0.3, -0.25) is 5.32 Å². The first kappa shape index (κ1) is 16.5. The van der Waals surface area contributed by atoms with Gasteiger partial charge in [0.05, 0.1) is 12.3 Å². The van der Waals surface area contributed by atoms with Gasteiger partial charge in [-0.15, -0.1) is 11.3 Å². The third-order valence-electron chi connectivity index (χ3n) is 3.25. The zero-order chi connectivity index (χ0) is 16.1. The standard InChI is InChI=1S/C16H21N3O2S/c1-10-7-11(2)14(12(3)8-10)13-9-22-16(18-13)19-15(20)17-5-6-21-4/h7-9H,5-6H2,1-4H3,(H2,17,18,19,20). The van der Waals surface area contributed by atoms with Crippen LogP contribution in [0.15, 0.2) is 17.5 Å². The van der Waals surface area contributed by atoms with Crippen LogP contribution in [-0.2, 0) is 4.74 Å². The summed E-state index contributed by atoms with van der Waals surface area (Å²) in [5.74, 6) is 0. The Bertz CT molecular complexity index is 644. The number of aryl methyl sites for hydroxylation is 3. The minimum Gasteiger partial charge on any atom is -0.383 e. The van der Waals surface area contributed by atoms with Gasteiger partial charge < -0.3 is 10.1 Å². The Hall–Kier alpha value is -1.92. The highest BCUT2D eigenvalue weighted by molar-refractivity contribution is 7.14. The van der Waals surface area contributed by atoms with Crippen LogP contribution in [0.5, 0.6) is 0 Å². The molecule has 0 aliphatic carbocycles. The Kier molecular flexibility index (Phi) is 5.51. The summed E-state index contributed by atoms with van der Waals surface area (Å²) >= 11 is 1.42. The molecule has 0 aliphatic rings. The van der Waals surface area contributed by atoms with Crippen molar-refractivity contribution in [1.29, 1.82) is 0 Å². The monoisotopic (exact) mass is 319 g/mol. The number of amides is 2. The first-order valence-electron chi connectivity index (χ1n) is 7.09. The molecule has 2 N–H and O–H groups in total. The smallest absolute Gasteiger partial charge is 0.321 e. The number of ether oxygens (including phenoxy) is 1. The van der Waals surface area contributed by atoms with Crippen LogP contribution >= 0.6 is 11.3 Å². The number of nitrogens with zero attached hydrogens (tertiary/aromatic N) is 1. The molecule has 0 atom stereocenters. The molecule has 0 radical (unpaired) electrons. The van der Waals surface area contributed by atoms with E-state index in [1.165, 1.54) is 28.0 Å². The number of methoxy groups -OCH3 is 1. The lowest BCUT2D eigenvalue weighted by Gasteiger charge is -2.08. The topological polar surface area (TPSA) is 63.2 Å². The fourth-order valence-corrected chi connectivity index (χ4v) is 3.13. The number of rotatable bonds is 5. The number of carbonyl (C=O) groups is 1. The van der Waals surface area contributed by atoms with E-state index >= 15 is 0 Å². The zero-order valence-corrected chi connectivity index (χ0v) is 14.1. The van der Waals surface area contributed by atoms with Crippen LogP contribution in [0, 0.1) is 20.8 Å². The van der Waals surface area contributed by atoms with Crippen molar-refractivity contribution in [3.8, 4) is 11.3 Å². The third-order valence-corrected chi connectivity index (χ3v) is 4.01. The Morgan fingerprint density at radius 2 is 1.95 bits per heavy atom. The second-order valence-electron chi connectivity index (χ2n) is 5.19. The number of hydrogen-bond acceptors (Lipinski definition) is 4. The molecule has 2 aromatic rings. The zero-order valence-electron chi connectivity index (χ0n) is 13.3. The summed E-state index contributed by atoms with van der Waals surface area (Å²) < 4.78 is 4.88. The van der Waals surface area contributed by atoms with Gasteiger partial charge in [0.1, 0.15) is 0 Å². The second-order valence-corrected chi connectivity index (χ2v) is 6.04. The summed E-state index contributed by atoms with van der Waals surface area (Å²) in [6.45, 7) is 7.20. The van der Waals surface area contributed by atoms with Crippen molar-refractivity contribution >= 4 is 22.5 Å². The van der Waals surface area contributed by atoms with Gasteiger partial charge in [0, 0.05) is 24.6 Å². The van der Waals surface area contributed by atoms with E-state index < -0.39 is 0 Å². The van der Waals surface area contributed by atoms with Crippen LogP contribution in [0.25, 0.3) is 11.3 Å². The summed E-state index contributed by atoms with van der Waals surface area (Å²) in [5, 5.41) is 8.00. The molecule has 2 rings (SSSR count). The number of nitrogens with one attached hydrogen (secondary N) is 2. The maximum atomic E-state index is 11.7. The average Bonchev–Trinajstić information content (AvgIpc) is 2.86. The molecule has 1 aromatic heterocycles. The summed E-state index contributed by atoms with van der Waals surface area (Å²) in [6, 6.07) is 4.02. The van der Waals surface area contributed by atoms with Crippen molar-refractivity contribution in [2.45, 2.75) is 20.8 Å². The Labute approximate surface area is 134 Å². The largest absolute Gasteiger partial charge is 0.383 e. The molecule has 0 spiro atoms. The van der Waals surface area contributed by atoms with Crippen LogP contribution in [0.4, 0.5) is 9.93 Å². The van der Waals surface area contributed by atoms with Gasteiger partial charge in [0.15, 0.2) is 5.13 Å². The van der Waals surface area contributed by atoms with Crippen LogP contribution in [0.3, 0.4) is 0 Å². The number of hydrogen-bond donors (Lipinski definition) is 2. The number of aromatic nitrogens is 1. The van der Waals surface area contributed by atoms with Crippen LogP contribution in [0.2, 0.25) is 0 Å². The summed E-state index contributed by atoms with van der Waals surface area (Å²) in [5.41, 5.74) is 5.66. The molecule has 2 amide bonds. The summed E-state index contributed by atoms with van der Waals surface area (Å²) in [4.78, 5) is 16.2. The number of benzene rings is 1. The highest BCUT2D eigenvalue weighted by Gasteiger charge is 2.12. The number of thiazole rings is 1. The van der Waals surface area contributed by atoms with Crippen molar-refractivity contribution in [1.82, 2.24) is 10.3 Å². The molecule has 1 heterocycles. The van der Waals surface area contributed by atoms with E-state index in [1.54, 1.807) is 7.11 Å². The lowest BCUT2D eigenvalue weighted by atomic mass is 9.98. The van der Waals surface area contributed by atoms with Gasteiger partial charge in [-0.1, -0.05) is 17.7 Å². The molecule has 0 aliphatic heterocycles. The van der Waals surface area contributed by atoms with Gasteiger partial charge in [-0.25, -0.2) is 9.78 Å². The van der Waals surface area contributed by atoms with Crippen molar-refractivity contribution in [3.05, 3.63) is 34.2 Å². The SMILES string of the molecule is COCCNC(=O)Nc1nc(-c2c(C)cc(C)cc2C)cs1. The van der Waals surface area contributed by atoms with Gasteiger partial charge >= 0.3 is 6.03 Å². The van der Waals surface area contributed by atoms with E-state index in [0.717, 1.165) is 11.3 Å². The number of carbonyl (C=O) groups excluding carboxylic acids is 1. The average molecular weight is 319 g/mol. The van der Waals surface area contributed by atoms with Crippen LogP contribution < -0.4 is 10.6 Å². The maximum Gasteiger partial charge on any atom is 0.321 e. The van der Waals surface area contributed by atoms with E-state index in [2.05, 4.69) is 48.5 Å². The van der Waals surface area contributed by atoms with Crippen LogP contribution in [0.1, 0.15) is 16.7 Å². The predicted molar refractivity (Wildman–Crippen MR) is 90.7 cm³/mol. The van der Waals surface area contributed by atoms with Crippen molar-refractivity contribution in [3.63, 3.8) is 0 Å². The Balaban J connectivity index is 2.10. The van der Waals surface area contributed by atoms with Gasteiger partial charge in [0.2, 0.25) is 0 Å². The van der Waals surface area contributed by atoms with E-state index in [0.29, 0.717) is 18.3 Å². The third kappa shape index (κ3) is 4.05. The molecule has 0 unspecified atom stereocenters. The molecule has 0 fully saturated rings. The lowest BCUT2D eigenvalue weighted by molar-refractivity contribution is 0.198. The van der Waals surface area contributed by atoms with Crippen molar-refractivity contribution in [2.75, 3.05) is 25.6 Å². The van der Waals surface area contributed by atoms with Gasteiger partial charge in [0.25, 0.3) is 0 Å². The summed E-state index contributed by atoms with van der Waals surface area (Å²) in [6.07, 6.45) is 0. The molecule has 6 heteroatoms. The fourth-order valence-electron chi connectivity index (χ4n) is 2.44. The second kappa shape index (κ2) is 7.38. The molecular weight excluding hydrogens is 298 g/mol. The quantitative estimate of drug-likeness (QED) is 0.829. The lowest BCUT2D eigenvalue weighted by Crippen LogP contribution is -2.31. The van der Waals surface area contributed by atoms with Crippen LogP contribution in [-0.4, -0.2) is 31.3 Å². The first-order valence-corrected chi connectivity index (χ1v) is 7.96. The Morgan fingerprint density at radius 1 is 1.27 bits per heavy atom. The number of urea groups is 1. The molecule has 118 valence electrons. The molecule has 0 bridgehead atoms. The fraction of sp³-hybridized carbons (Fsp3) is 0.375. The minimum atomic E-state index is -0.268. The molecule has 22 heavy (non-hydrogen) atoms. The number of anilines is 1. The van der Waals surface area contributed by atoms with E-state index in [4.69, 9.17) is 4.74 Å². The summed E-state index contributed by atoms with van der Waals surface area (Å²) in [7, 11) is 1.60. The molecular formula is C16H21N3O2S. The van der Waals surface area contributed by atoms with E-state index in [-0.39, 0.29) is 6.03 Å². The maximum absolute atomic E-state index is 11.7. The highest BCUT2D eigenvalue weighted by atomic mass is 32.1. The van der Waals surface area contributed by atoms with Gasteiger partial charge in [-0.2, -0.15) is 0 Å². The van der Waals surface area contributed by atoms with Gasteiger partial charge in [-0.05, 0) is 31.9 Å². The van der Waals surface area contributed by atoms with E-state index in [1.807, 2.05) is 5.38 Å². The molecule has 0 saturated heterocycles. The minimum absolute atomic E-state index is 0.268. The molecule has 0 saturated carbocycles. The predicted octanol–water partition coefficient (Wildman–Crippen LogP) is 3.50. The van der Waals surface area contributed by atoms with Crippen molar-refractivity contribution < 1.29 is 9.53 Å². The normalized spacial score (nSPS) is 10.5. The molecule has 5 nitrogen and oxygen atoms in total.